The molecule has 0 bridgehead atoms. The number of carbonyl (C=O) groups is 4. The number of unbranched alkanes of at least 4 members (excludes halogenated alkanes) is 44. The molecule has 25 nitrogen and oxygen atoms in total. The zero-order valence-corrected chi connectivity index (χ0v) is 74.8. The Morgan fingerprint density at radius 3 is 1.10 bits per heavy atom. The molecule has 0 aromatic carbocycles. The number of aliphatic hydroxyl groups is 9. The molecule has 0 amide bonds. The molecule has 118 heavy (non-hydrogen) atoms. The normalized spacial score (nSPS) is 25.3. The average Bonchev–Trinajstić information content (AvgIpc) is 0.757. The van der Waals surface area contributed by atoms with Gasteiger partial charge in [0.15, 0.2) is 24.8 Å². The molecule has 2 aliphatic heterocycles. The summed E-state index contributed by atoms with van der Waals surface area (Å²) in [5.74, 6) is -2.34. The molecule has 3 rings (SSSR count). The highest BCUT2D eigenvalue weighted by atomic mass is 31.2. The summed E-state index contributed by atoms with van der Waals surface area (Å²) in [4.78, 5) is 66.5. The highest BCUT2D eigenvalue weighted by Gasteiger charge is 2.60. The van der Waals surface area contributed by atoms with Crippen LogP contribution in [-0.2, 0) is 70.7 Å². The van der Waals surface area contributed by atoms with E-state index in [1.165, 1.54) is 141 Å². The lowest BCUT2D eigenvalue weighted by Crippen LogP contribution is -2.70. The second-order valence-electron chi connectivity index (χ2n) is 34.1. The Bertz CT molecular complexity index is 2570. The molecule has 1 aliphatic carbocycles. The summed E-state index contributed by atoms with van der Waals surface area (Å²) < 4.78 is 73.5. The minimum absolute atomic E-state index is 0.0167. The lowest BCUT2D eigenvalue weighted by atomic mass is 9.84. The van der Waals surface area contributed by atoms with Crippen LogP contribution in [0.25, 0.3) is 0 Å². The van der Waals surface area contributed by atoms with Crippen LogP contribution in [0.3, 0.4) is 0 Å². The number of allylic oxidation sites excluding steroid dienone is 4. The molecule has 19 unspecified atom stereocenters. The van der Waals surface area contributed by atoms with Crippen molar-refractivity contribution in [3.05, 3.63) is 24.3 Å². The number of hydrogen-bond donors (Lipinski definition) is 10. The average molecular weight is 1710 g/mol. The zero-order valence-electron chi connectivity index (χ0n) is 73.9. The zero-order chi connectivity index (χ0) is 86.2. The van der Waals surface area contributed by atoms with Gasteiger partial charge in [-0.2, -0.15) is 0 Å². The Morgan fingerprint density at radius 2 is 0.686 bits per heavy atom. The van der Waals surface area contributed by atoms with Gasteiger partial charge in [0.1, 0.15) is 92.6 Å². The number of ether oxygens (including phenoxy) is 8. The summed E-state index contributed by atoms with van der Waals surface area (Å²) >= 11 is 0. The van der Waals surface area contributed by atoms with Crippen molar-refractivity contribution >= 4 is 31.7 Å². The predicted octanol–water partition coefficient (Wildman–Crippen LogP) is 17.6. The molecule has 0 aromatic rings. The van der Waals surface area contributed by atoms with Crippen LogP contribution in [0.15, 0.2) is 24.3 Å². The first-order chi connectivity index (χ1) is 57.1. The van der Waals surface area contributed by atoms with Gasteiger partial charge in [0.25, 0.3) is 0 Å². The van der Waals surface area contributed by atoms with E-state index >= 15 is 0 Å². The molecule has 10 N–H and O–H groups in total. The van der Waals surface area contributed by atoms with E-state index in [9.17, 15) is 74.6 Å². The van der Waals surface area contributed by atoms with Gasteiger partial charge >= 0.3 is 31.7 Å². The molecule has 2 saturated heterocycles. The quantitative estimate of drug-likeness (QED) is 0.00889. The van der Waals surface area contributed by atoms with Gasteiger partial charge in [-0.15, -0.1) is 0 Å². The standard InChI is InChI=1S/C92H169O25P/c1-6-10-14-18-22-25-28-31-33-36-39-41-44-51-57-63-75(94)108-68-72(111-77(96)65-59-53-46-43-40-37-34-32-29-26-23-19-15-11-7-2)69-110-118(106,107)117-90-88(115-91-85(104)81(100)79(98)73(67-93)112-91)84(103)83(102)87(114-78(97)66-60-54-48-47-50-56-62-71(5)61-55-49-21-17-13-9-4)89(90)116-92-86(105)82(101)80(99)74(113-92)70-109-76(95)64-58-52-45-42-38-35-30-27-24-20-16-12-8-3/h25-26,28-29,71-74,79-93,98-105H,6-24,27,30-70H2,1-5H3,(H,106,107)/b28-25-,29-26-. The summed E-state index contributed by atoms with van der Waals surface area (Å²) in [5.41, 5.74) is 0. The van der Waals surface area contributed by atoms with Crippen LogP contribution >= 0.6 is 7.82 Å². The topological polar surface area (TPSA) is 380 Å². The molecular weight excluding hydrogens is 1540 g/mol. The van der Waals surface area contributed by atoms with Crippen molar-refractivity contribution in [3.8, 4) is 0 Å². The van der Waals surface area contributed by atoms with Gasteiger partial charge in [0, 0.05) is 25.7 Å². The summed E-state index contributed by atoms with van der Waals surface area (Å²) in [5, 5.41) is 102. The lowest BCUT2D eigenvalue weighted by molar-refractivity contribution is -0.360. The minimum atomic E-state index is -5.81. The van der Waals surface area contributed by atoms with E-state index in [-0.39, 0.29) is 25.7 Å². The first kappa shape index (κ1) is 109. The molecule has 26 heteroatoms. The molecule has 1 saturated carbocycles. The number of esters is 4. The van der Waals surface area contributed by atoms with Gasteiger partial charge in [-0.25, -0.2) is 4.57 Å². The highest BCUT2D eigenvalue weighted by molar-refractivity contribution is 7.47. The summed E-state index contributed by atoms with van der Waals surface area (Å²) in [7, 11) is -5.81. The van der Waals surface area contributed by atoms with Gasteiger partial charge in [0.2, 0.25) is 0 Å². The van der Waals surface area contributed by atoms with Gasteiger partial charge in [-0.1, -0.05) is 322 Å². The van der Waals surface area contributed by atoms with Crippen LogP contribution in [0.5, 0.6) is 0 Å². The largest absolute Gasteiger partial charge is 0.472 e. The van der Waals surface area contributed by atoms with Crippen LogP contribution in [0.2, 0.25) is 0 Å². The van der Waals surface area contributed by atoms with Crippen molar-refractivity contribution in [1.29, 1.82) is 0 Å². The van der Waals surface area contributed by atoms with Gasteiger partial charge in [-0.3, -0.25) is 28.2 Å². The van der Waals surface area contributed by atoms with Crippen molar-refractivity contribution in [2.24, 2.45) is 5.92 Å². The summed E-state index contributed by atoms with van der Waals surface area (Å²) in [6, 6.07) is 0. The minimum Gasteiger partial charge on any atom is -0.463 e. The van der Waals surface area contributed by atoms with E-state index in [0.29, 0.717) is 44.4 Å². The van der Waals surface area contributed by atoms with E-state index in [4.69, 9.17) is 46.9 Å². The summed E-state index contributed by atoms with van der Waals surface area (Å²) in [6.07, 6.45) is 28.8. The monoisotopic (exact) mass is 1710 g/mol. The fraction of sp³-hybridized carbons (Fsp3) is 0.913. The van der Waals surface area contributed by atoms with Gasteiger partial charge < -0.3 is 88.7 Å². The molecule has 0 spiro atoms. The van der Waals surface area contributed by atoms with Crippen LogP contribution in [0.1, 0.15) is 401 Å². The maximum Gasteiger partial charge on any atom is 0.472 e. The van der Waals surface area contributed by atoms with Crippen molar-refractivity contribution < 1.29 is 122 Å². The van der Waals surface area contributed by atoms with E-state index in [0.717, 1.165) is 161 Å². The third-order valence-electron chi connectivity index (χ3n) is 23.3. The lowest BCUT2D eigenvalue weighted by Gasteiger charge is -2.50. The van der Waals surface area contributed by atoms with E-state index in [1.54, 1.807) is 0 Å². The van der Waals surface area contributed by atoms with E-state index in [2.05, 4.69) is 58.9 Å². The third-order valence-corrected chi connectivity index (χ3v) is 24.3. The molecule has 2 heterocycles. The Labute approximate surface area is 711 Å². The van der Waals surface area contributed by atoms with Crippen molar-refractivity contribution in [2.45, 2.75) is 505 Å². The predicted molar refractivity (Wildman–Crippen MR) is 458 cm³/mol. The van der Waals surface area contributed by atoms with Crippen molar-refractivity contribution in [2.75, 3.05) is 26.4 Å². The fourth-order valence-electron chi connectivity index (χ4n) is 15.7. The Balaban J connectivity index is 1.93. The second-order valence-corrected chi connectivity index (χ2v) is 35.6. The first-order valence-corrected chi connectivity index (χ1v) is 49.0. The van der Waals surface area contributed by atoms with Crippen LogP contribution in [0, 0.1) is 5.92 Å². The number of carbonyl (C=O) groups excluding carboxylic acids is 4. The highest BCUT2D eigenvalue weighted by Crippen LogP contribution is 2.49. The molecule has 19 atom stereocenters. The smallest absolute Gasteiger partial charge is 0.463 e. The number of phosphoric ester groups is 1. The molecular formula is C92H169O25P. The fourth-order valence-corrected chi connectivity index (χ4v) is 16.6. The number of phosphoric acid groups is 1. The molecule has 3 aliphatic rings. The van der Waals surface area contributed by atoms with Crippen molar-refractivity contribution in [3.63, 3.8) is 0 Å². The van der Waals surface area contributed by atoms with Crippen LogP contribution in [-0.4, -0.2) is 205 Å². The van der Waals surface area contributed by atoms with E-state index < -0.39 is 162 Å². The van der Waals surface area contributed by atoms with Gasteiger partial charge in [-0.05, 0) is 83.0 Å². The second kappa shape index (κ2) is 70.2. The van der Waals surface area contributed by atoms with Gasteiger partial charge in [0.05, 0.1) is 13.2 Å². The Morgan fingerprint density at radius 1 is 0.356 bits per heavy atom. The Hall–Kier alpha value is -3.05. The maximum atomic E-state index is 14.9. The molecule has 692 valence electrons. The van der Waals surface area contributed by atoms with Crippen molar-refractivity contribution in [1.82, 2.24) is 0 Å². The van der Waals surface area contributed by atoms with Crippen LogP contribution < -0.4 is 0 Å². The number of aliphatic hydroxyl groups excluding tert-OH is 9. The third kappa shape index (κ3) is 50.2. The maximum absolute atomic E-state index is 14.9. The number of hydrogen-bond acceptors (Lipinski definition) is 24. The molecule has 0 aromatic heterocycles. The number of rotatable bonds is 76. The van der Waals surface area contributed by atoms with Crippen LogP contribution in [0.4, 0.5) is 0 Å². The first-order valence-electron chi connectivity index (χ1n) is 47.5. The Kier molecular flexibility index (Phi) is 64.9. The summed E-state index contributed by atoms with van der Waals surface area (Å²) in [6.45, 7) is 7.87. The molecule has 0 radical (unpaired) electrons. The molecule has 3 fully saturated rings. The SMILES string of the molecule is CCCCCC/C=C\CCCCCCCCCC(=O)OCC(COP(=O)(O)OC1C(OC2OC(CO)C(O)C(O)C2O)C(O)C(O)C(OC(=O)CCCCCCCCC(C)CCCCCCCC)C1OC1OC(COC(=O)CCCCCCCCCCCCCCC)C(O)C(O)C1O)OC(=O)CCCCCCCCC/C=C\CCCCCC. The van der Waals surface area contributed by atoms with E-state index in [1.807, 2.05) is 0 Å².